The van der Waals surface area contributed by atoms with Crippen LogP contribution in [-0.2, 0) is 23.8 Å². The van der Waals surface area contributed by atoms with Crippen molar-refractivity contribution in [1.82, 2.24) is 0 Å². The van der Waals surface area contributed by atoms with Crippen molar-refractivity contribution < 1.29 is 23.8 Å². The van der Waals surface area contributed by atoms with Crippen LogP contribution in [0.2, 0.25) is 0 Å². The van der Waals surface area contributed by atoms with Crippen molar-refractivity contribution in [2.75, 3.05) is 6.61 Å². The second-order valence-corrected chi connectivity index (χ2v) is 2.88. The van der Waals surface area contributed by atoms with Crippen molar-refractivity contribution in [3.63, 3.8) is 0 Å². The van der Waals surface area contributed by atoms with E-state index in [1.54, 1.807) is 6.08 Å². The molecule has 0 amide bonds. The third kappa shape index (κ3) is 3.08. The fourth-order valence-electron chi connectivity index (χ4n) is 1.07. The Hall–Kier alpha value is -1.52. The van der Waals surface area contributed by atoms with Gasteiger partial charge in [0.15, 0.2) is 12.2 Å². The zero-order chi connectivity index (χ0) is 10.6. The third-order valence-electron chi connectivity index (χ3n) is 1.64. The summed E-state index contributed by atoms with van der Waals surface area (Å²) in [5.74, 6) is -0.778. The van der Waals surface area contributed by atoms with Gasteiger partial charge < -0.3 is 14.2 Å². The SMILES string of the molecule is CC(=O)OCC1OC=CC1OC(C)=O. The topological polar surface area (TPSA) is 61.8 Å². The van der Waals surface area contributed by atoms with Crippen LogP contribution in [0.25, 0.3) is 0 Å². The minimum absolute atomic E-state index is 0.0836. The Kier molecular flexibility index (Phi) is 3.50. The molecule has 0 aromatic carbocycles. The van der Waals surface area contributed by atoms with E-state index in [0.29, 0.717) is 0 Å². The van der Waals surface area contributed by atoms with Gasteiger partial charge in [-0.15, -0.1) is 0 Å². The zero-order valence-electron chi connectivity index (χ0n) is 8.06. The van der Waals surface area contributed by atoms with Gasteiger partial charge in [0.1, 0.15) is 6.61 Å². The summed E-state index contributed by atoms with van der Waals surface area (Å²) in [7, 11) is 0. The molecule has 0 aliphatic carbocycles. The fourth-order valence-corrected chi connectivity index (χ4v) is 1.07. The largest absolute Gasteiger partial charge is 0.490 e. The molecule has 0 bridgehead atoms. The van der Waals surface area contributed by atoms with Crippen LogP contribution in [0.5, 0.6) is 0 Å². The summed E-state index contributed by atoms with van der Waals surface area (Å²) in [4.78, 5) is 21.2. The van der Waals surface area contributed by atoms with Crippen LogP contribution in [0.3, 0.4) is 0 Å². The molecule has 0 saturated carbocycles. The molecule has 1 rings (SSSR count). The molecule has 1 aliphatic rings. The molecule has 0 fully saturated rings. The quantitative estimate of drug-likeness (QED) is 0.617. The summed E-state index contributed by atoms with van der Waals surface area (Å²) >= 11 is 0. The predicted octanol–water partition coefficient (Wildman–Crippen LogP) is 0.394. The van der Waals surface area contributed by atoms with E-state index in [0.717, 1.165) is 0 Å². The lowest BCUT2D eigenvalue weighted by Gasteiger charge is -2.17. The average Bonchev–Trinajstić information content (AvgIpc) is 2.47. The van der Waals surface area contributed by atoms with Gasteiger partial charge in [0, 0.05) is 13.8 Å². The molecule has 2 atom stereocenters. The summed E-state index contributed by atoms with van der Waals surface area (Å²) in [6.07, 6.45) is 2.15. The van der Waals surface area contributed by atoms with Crippen molar-refractivity contribution in [2.24, 2.45) is 0 Å². The number of hydrogen-bond donors (Lipinski definition) is 0. The molecule has 1 aliphatic heterocycles. The van der Waals surface area contributed by atoms with Crippen LogP contribution in [0.15, 0.2) is 12.3 Å². The van der Waals surface area contributed by atoms with Crippen molar-refractivity contribution in [3.05, 3.63) is 12.3 Å². The Bertz CT molecular complexity index is 258. The Balaban J connectivity index is 2.37. The summed E-state index contributed by atoms with van der Waals surface area (Å²) in [5.41, 5.74) is 0. The molecule has 2 unspecified atom stereocenters. The van der Waals surface area contributed by atoms with E-state index in [-0.39, 0.29) is 12.6 Å². The van der Waals surface area contributed by atoms with Crippen molar-refractivity contribution in [3.8, 4) is 0 Å². The number of hydrogen-bond acceptors (Lipinski definition) is 5. The molecule has 0 spiro atoms. The molecule has 0 aromatic heterocycles. The molecule has 78 valence electrons. The lowest BCUT2D eigenvalue weighted by molar-refractivity contribution is -0.152. The van der Waals surface area contributed by atoms with Crippen LogP contribution < -0.4 is 0 Å². The first kappa shape index (κ1) is 10.6. The molecule has 1 heterocycles. The molecule has 5 nitrogen and oxygen atoms in total. The summed E-state index contributed by atoms with van der Waals surface area (Å²) in [6, 6.07) is 0. The maximum Gasteiger partial charge on any atom is 0.303 e. The number of carbonyl (C=O) groups is 2. The molecular weight excluding hydrogens is 188 g/mol. The van der Waals surface area contributed by atoms with E-state index in [4.69, 9.17) is 14.2 Å². The Morgan fingerprint density at radius 3 is 2.64 bits per heavy atom. The van der Waals surface area contributed by atoms with Gasteiger partial charge in [-0.2, -0.15) is 0 Å². The Morgan fingerprint density at radius 1 is 1.36 bits per heavy atom. The van der Waals surface area contributed by atoms with Gasteiger partial charge in [-0.05, 0) is 6.08 Å². The lowest BCUT2D eigenvalue weighted by atomic mass is 10.2. The van der Waals surface area contributed by atoms with Crippen LogP contribution in [0.4, 0.5) is 0 Å². The predicted molar refractivity (Wildman–Crippen MR) is 46.2 cm³/mol. The lowest BCUT2D eigenvalue weighted by Crippen LogP contribution is -2.31. The molecule has 5 heteroatoms. The maximum atomic E-state index is 10.7. The second-order valence-electron chi connectivity index (χ2n) is 2.88. The van der Waals surface area contributed by atoms with Crippen LogP contribution in [0, 0.1) is 0 Å². The fraction of sp³-hybridized carbons (Fsp3) is 0.556. The Labute approximate surface area is 81.6 Å². The highest BCUT2D eigenvalue weighted by molar-refractivity contribution is 5.66. The zero-order valence-corrected chi connectivity index (χ0v) is 8.06. The summed E-state index contributed by atoms with van der Waals surface area (Å²) in [5, 5.41) is 0. The first-order chi connectivity index (χ1) is 6.59. The van der Waals surface area contributed by atoms with Gasteiger partial charge in [-0.3, -0.25) is 9.59 Å². The van der Waals surface area contributed by atoms with E-state index in [1.807, 2.05) is 0 Å². The van der Waals surface area contributed by atoms with Crippen molar-refractivity contribution >= 4 is 11.9 Å². The highest BCUT2D eigenvalue weighted by Gasteiger charge is 2.28. The first-order valence-corrected chi connectivity index (χ1v) is 4.22. The van der Waals surface area contributed by atoms with Crippen LogP contribution in [-0.4, -0.2) is 30.8 Å². The van der Waals surface area contributed by atoms with E-state index < -0.39 is 18.2 Å². The smallest absolute Gasteiger partial charge is 0.303 e. The van der Waals surface area contributed by atoms with Gasteiger partial charge in [0.05, 0.1) is 6.26 Å². The van der Waals surface area contributed by atoms with Gasteiger partial charge in [0.2, 0.25) is 0 Å². The second kappa shape index (κ2) is 4.64. The number of esters is 2. The van der Waals surface area contributed by atoms with Crippen LogP contribution in [0.1, 0.15) is 13.8 Å². The van der Waals surface area contributed by atoms with Crippen LogP contribution >= 0.6 is 0 Å². The number of ether oxygens (including phenoxy) is 3. The maximum absolute atomic E-state index is 10.7. The molecule has 14 heavy (non-hydrogen) atoms. The summed E-state index contributed by atoms with van der Waals surface area (Å²) in [6.45, 7) is 2.71. The molecule has 0 radical (unpaired) electrons. The van der Waals surface area contributed by atoms with E-state index >= 15 is 0 Å². The van der Waals surface area contributed by atoms with E-state index in [9.17, 15) is 9.59 Å². The summed E-state index contributed by atoms with van der Waals surface area (Å²) < 4.78 is 14.7. The highest BCUT2D eigenvalue weighted by atomic mass is 16.6. The van der Waals surface area contributed by atoms with Crippen molar-refractivity contribution in [1.29, 1.82) is 0 Å². The average molecular weight is 200 g/mol. The normalized spacial score (nSPS) is 24.1. The van der Waals surface area contributed by atoms with E-state index in [1.165, 1.54) is 20.1 Å². The number of carbonyl (C=O) groups excluding carboxylic acids is 2. The highest BCUT2D eigenvalue weighted by Crippen LogP contribution is 2.14. The standard InChI is InChI=1S/C9H12O5/c1-6(10)13-5-9-8(3-4-12-9)14-7(2)11/h3-4,8-9H,5H2,1-2H3. The van der Waals surface area contributed by atoms with Gasteiger partial charge >= 0.3 is 11.9 Å². The monoisotopic (exact) mass is 200 g/mol. The van der Waals surface area contributed by atoms with E-state index in [2.05, 4.69) is 0 Å². The van der Waals surface area contributed by atoms with Gasteiger partial charge in [-0.25, -0.2) is 0 Å². The molecule has 0 N–H and O–H groups in total. The third-order valence-corrected chi connectivity index (χ3v) is 1.64. The molecule has 0 saturated heterocycles. The minimum atomic E-state index is -0.466. The molecule has 0 aromatic rings. The first-order valence-electron chi connectivity index (χ1n) is 4.22. The number of rotatable bonds is 3. The minimum Gasteiger partial charge on any atom is -0.490 e. The van der Waals surface area contributed by atoms with Gasteiger partial charge in [0.25, 0.3) is 0 Å². The molecular formula is C9H12O5. The van der Waals surface area contributed by atoms with Gasteiger partial charge in [-0.1, -0.05) is 0 Å². The Morgan fingerprint density at radius 2 is 2.07 bits per heavy atom. The van der Waals surface area contributed by atoms with Crippen molar-refractivity contribution in [2.45, 2.75) is 26.1 Å².